The van der Waals surface area contributed by atoms with E-state index in [4.69, 9.17) is 24.2 Å². The van der Waals surface area contributed by atoms with Gasteiger partial charge in [-0.05, 0) is 60.2 Å². The van der Waals surface area contributed by atoms with Crippen molar-refractivity contribution < 1.29 is 18.4 Å². The molecule has 8 heteroatoms. The zero-order chi connectivity index (χ0) is 24.8. The van der Waals surface area contributed by atoms with Crippen LogP contribution in [0, 0.1) is 11.8 Å². The maximum Gasteiger partial charge on any atom is 0.218 e. The lowest BCUT2D eigenvalue weighted by Gasteiger charge is -2.32. The van der Waals surface area contributed by atoms with Gasteiger partial charge in [0, 0.05) is 41.1 Å². The molecule has 3 aromatic rings. The van der Waals surface area contributed by atoms with Crippen molar-refractivity contribution in [1.29, 1.82) is 0 Å². The summed E-state index contributed by atoms with van der Waals surface area (Å²) in [6.07, 6.45) is 8.47. The molecule has 190 valence electrons. The maximum atomic E-state index is 12.5. The van der Waals surface area contributed by atoms with Crippen molar-refractivity contribution in [3.8, 4) is 5.75 Å². The monoisotopic (exact) mass is 570 g/mol. The third kappa shape index (κ3) is 4.62. The standard InChI is InChI=1S/C28H31BrN2O4S/c1-33-15-35-20-11-18-4-3-5-23(29)26(18)21(12-20)25-13-24-22(14-34-25)27(31-28(30-24)36(2)32)19-9-16-6-7-17(8-16)10-19/h3-5,11-12,16-17,19,25H,6-10,13-15H2,1-2H3. The minimum absolute atomic E-state index is 0.180. The molecular weight excluding hydrogens is 540 g/mol. The Morgan fingerprint density at radius 3 is 2.69 bits per heavy atom. The lowest BCUT2D eigenvalue weighted by atomic mass is 9.78. The molecule has 4 unspecified atom stereocenters. The van der Waals surface area contributed by atoms with Crippen molar-refractivity contribution in [3.63, 3.8) is 0 Å². The van der Waals surface area contributed by atoms with Gasteiger partial charge in [-0.3, -0.25) is 4.21 Å². The molecular formula is C28H31BrN2O4S. The zero-order valence-corrected chi connectivity index (χ0v) is 23.1. The summed E-state index contributed by atoms with van der Waals surface area (Å²) in [5.41, 5.74) is 4.22. The summed E-state index contributed by atoms with van der Waals surface area (Å²) in [7, 11) is 0.378. The van der Waals surface area contributed by atoms with E-state index >= 15 is 0 Å². The highest BCUT2D eigenvalue weighted by atomic mass is 79.9. The molecule has 2 aliphatic carbocycles. The lowest BCUT2D eigenvalue weighted by molar-refractivity contribution is 0.0244. The van der Waals surface area contributed by atoms with E-state index in [1.807, 2.05) is 24.3 Å². The number of nitrogens with zero attached hydrogens (tertiary/aromatic N) is 2. The lowest BCUT2D eigenvalue weighted by Crippen LogP contribution is -2.24. The first kappa shape index (κ1) is 24.5. The topological polar surface area (TPSA) is 70.5 Å². The van der Waals surface area contributed by atoms with Gasteiger partial charge < -0.3 is 14.2 Å². The molecule has 2 heterocycles. The first-order valence-electron chi connectivity index (χ1n) is 12.7. The third-order valence-corrected chi connectivity index (χ3v) is 9.42. The van der Waals surface area contributed by atoms with E-state index in [0.29, 0.717) is 24.1 Å². The summed E-state index contributed by atoms with van der Waals surface area (Å²) in [5, 5.41) is 2.62. The number of fused-ring (bicyclic) bond motifs is 4. The van der Waals surface area contributed by atoms with E-state index in [1.165, 1.54) is 32.1 Å². The first-order chi connectivity index (χ1) is 17.5. The van der Waals surface area contributed by atoms with Gasteiger partial charge >= 0.3 is 0 Å². The quantitative estimate of drug-likeness (QED) is 0.259. The number of halogens is 1. The number of aromatic nitrogens is 2. The van der Waals surface area contributed by atoms with Gasteiger partial charge in [-0.25, -0.2) is 9.97 Å². The van der Waals surface area contributed by atoms with Crippen molar-refractivity contribution in [2.24, 2.45) is 11.8 Å². The van der Waals surface area contributed by atoms with Gasteiger partial charge in [-0.2, -0.15) is 0 Å². The fourth-order valence-corrected chi connectivity index (χ4v) is 7.59. The average molecular weight is 572 g/mol. The van der Waals surface area contributed by atoms with E-state index in [2.05, 4.69) is 22.0 Å². The molecule has 36 heavy (non-hydrogen) atoms. The minimum Gasteiger partial charge on any atom is -0.468 e. The predicted molar refractivity (Wildman–Crippen MR) is 143 cm³/mol. The molecule has 6 nitrogen and oxygen atoms in total. The fourth-order valence-electron chi connectivity index (χ4n) is 6.52. The van der Waals surface area contributed by atoms with Gasteiger partial charge in [0.15, 0.2) is 6.79 Å². The second-order valence-electron chi connectivity index (χ2n) is 10.4. The van der Waals surface area contributed by atoms with Gasteiger partial charge in [0.2, 0.25) is 5.16 Å². The van der Waals surface area contributed by atoms with E-state index in [1.54, 1.807) is 13.4 Å². The number of rotatable bonds is 6. The molecule has 2 bridgehead atoms. The molecule has 3 aliphatic rings. The molecule has 0 amide bonds. The second kappa shape index (κ2) is 10.1. The SMILES string of the molecule is COCOc1cc(C2Cc3nc(S(C)=O)nc(C4CC5CCC(C5)C4)c3CO2)c2c(Br)cccc2c1. The highest BCUT2D eigenvalue weighted by Gasteiger charge is 2.38. The summed E-state index contributed by atoms with van der Waals surface area (Å²) in [6.45, 7) is 0.645. The van der Waals surface area contributed by atoms with Crippen LogP contribution in [0.1, 0.15) is 66.6 Å². The summed E-state index contributed by atoms with van der Waals surface area (Å²) in [6, 6.07) is 10.2. The van der Waals surface area contributed by atoms with Crippen LogP contribution >= 0.6 is 15.9 Å². The van der Waals surface area contributed by atoms with Crippen LogP contribution in [0.5, 0.6) is 5.75 Å². The van der Waals surface area contributed by atoms with Crippen LogP contribution in [0.3, 0.4) is 0 Å². The molecule has 0 spiro atoms. The van der Waals surface area contributed by atoms with Crippen LogP contribution < -0.4 is 4.74 Å². The van der Waals surface area contributed by atoms with Crippen molar-refractivity contribution in [1.82, 2.24) is 9.97 Å². The molecule has 0 saturated heterocycles. The minimum atomic E-state index is -1.24. The molecule has 0 N–H and O–H groups in total. The Labute approximate surface area is 222 Å². The summed E-state index contributed by atoms with van der Waals surface area (Å²) in [5.74, 6) is 2.75. The smallest absolute Gasteiger partial charge is 0.218 e. The highest BCUT2D eigenvalue weighted by Crippen LogP contribution is 2.49. The molecule has 2 saturated carbocycles. The van der Waals surface area contributed by atoms with Gasteiger partial charge in [-0.15, -0.1) is 0 Å². The van der Waals surface area contributed by atoms with Crippen molar-refractivity contribution in [2.45, 2.75) is 62.3 Å². The number of ether oxygens (including phenoxy) is 3. The zero-order valence-electron chi connectivity index (χ0n) is 20.7. The normalized spacial score (nSPS) is 26.1. The highest BCUT2D eigenvalue weighted by molar-refractivity contribution is 9.10. The summed E-state index contributed by atoms with van der Waals surface area (Å²) < 4.78 is 31.1. The van der Waals surface area contributed by atoms with Crippen LogP contribution in [0.4, 0.5) is 0 Å². The van der Waals surface area contributed by atoms with Gasteiger partial charge in [0.1, 0.15) is 5.75 Å². The Bertz CT molecular complexity index is 1320. The number of methoxy groups -OCH3 is 1. The van der Waals surface area contributed by atoms with Crippen LogP contribution in [0.2, 0.25) is 0 Å². The summed E-state index contributed by atoms with van der Waals surface area (Å²) in [4.78, 5) is 9.70. The third-order valence-electron chi connectivity index (χ3n) is 8.06. The van der Waals surface area contributed by atoms with Gasteiger partial charge in [0.05, 0.1) is 34.9 Å². The number of benzene rings is 2. The second-order valence-corrected chi connectivity index (χ2v) is 12.5. The molecule has 2 fully saturated rings. The number of hydrogen-bond acceptors (Lipinski definition) is 6. The first-order valence-corrected chi connectivity index (χ1v) is 15.0. The predicted octanol–water partition coefficient (Wildman–Crippen LogP) is 6.22. The van der Waals surface area contributed by atoms with Crippen molar-refractivity contribution >= 4 is 37.5 Å². The van der Waals surface area contributed by atoms with E-state index in [0.717, 1.165) is 55.3 Å². The Balaban J connectivity index is 1.40. The van der Waals surface area contributed by atoms with Gasteiger partial charge in [0.25, 0.3) is 0 Å². The Morgan fingerprint density at radius 2 is 1.94 bits per heavy atom. The van der Waals surface area contributed by atoms with Crippen LogP contribution in [-0.4, -0.2) is 34.3 Å². The van der Waals surface area contributed by atoms with Crippen LogP contribution in [0.25, 0.3) is 10.8 Å². The van der Waals surface area contributed by atoms with Crippen LogP contribution in [0.15, 0.2) is 40.0 Å². The molecule has 0 radical (unpaired) electrons. The average Bonchev–Trinajstić information content (AvgIpc) is 3.23. The Morgan fingerprint density at radius 1 is 1.14 bits per heavy atom. The molecule has 4 atom stereocenters. The van der Waals surface area contributed by atoms with E-state index in [-0.39, 0.29) is 12.9 Å². The molecule has 2 aromatic carbocycles. The number of hydrogen-bond donors (Lipinski definition) is 0. The maximum absolute atomic E-state index is 12.5. The van der Waals surface area contributed by atoms with E-state index in [9.17, 15) is 4.21 Å². The fraction of sp³-hybridized carbons (Fsp3) is 0.500. The Kier molecular flexibility index (Phi) is 6.88. The van der Waals surface area contributed by atoms with Crippen molar-refractivity contribution in [2.75, 3.05) is 20.2 Å². The molecule has 6 rings (SSSR count). The largest absolute Gasteiger partial charge is 0.468 e. The Hall–Kier alpha value is -1.87. The van der Waals surface area contributed by atoms with Crippen molar-refractivity contribution in [3.05, 3.63) is 57.3 Å². The summed E-state index contributed by atoms with van der Waals surface area (Å²) >= 11 is 3.75. The van der Waals surface area contributed by atoms with Gasteiger partial charge in [-0.1, -0.05) is 40.9 Å². The molecule has 1 aliphatic heterocycles. The van der Waals surface area contributed by atoms with Crippen LogP contribution in [-0.2, 0) is 33.3 Å². The van der Waals surface area contributed by atoms with E-state index < -0.39 is 10.8 Å². The molecule has 1 aromatic heterocycles.